The summed E-state index contributed by atoms with van der Waals surface area (Å²) in [6, 6.07) is 20.8. The van der Waals surface area contributed by atoms with E-state index < -0.39 is 0 Å². The summed E-state index contributed by atoms with van der Waals surface area (Å²) in [6.07, 6.45) is 0.867. The SMILES string of the molecule is CCc1ccccc1NC(=O)c1ccc(-c2nc3ccc(Cl)cc3[nH]2)cc1. The third-order valence-electron chi connectivity index (χ3n) is 4.51. The Kier molecular flexibility index (Phi) is 4.65. The van der Waals surface area contributed by atoms with Gasteiger partial charge >= 0.3 is 0 Å². The van der Waals surface area contributed by atoms with Crippen molar-refractivity contribution in [3.8, 4) is 11.4 Å². The second kappa shape index (κ2) is 7.25. The van der Waals surface area contributed by atoms with Crippen LogP contribution in [0.4, 0.5) is 5.69 Å². The molecule has 0 aliphatic carbocycles. The van der Waals surface area contributed by atoms with Crippen molar-refractivity contribution < 1.29 is 4.79 Å². The van der Waals surface area contributed by atoms with Crippen molar-refractivity contribution in [1.82, 2.24) is 9.97 Å². The number of aryl methyl sites for hydroxylation is 1. The molecule has 1 amide bonds. The predicted molar refractivity (Wildman–Crippen MR) is 110 cm³/mol. The number of carbonyl (C=O) groups excluding carboxylic acids is 1. The van der Waals surface area contributed by atoms with E-state index in [1.165, 1.54) is 0 Å². The van der Waals surface area contributed by atoms with E-state index in [1.54, 1.807) is 12.1 Å². The van der Waals surface area contributed by atoms with E-state index in [0.29, 0.717) is 10.6 Å². The standard InChI is InChI=1S/C22H18ClN3O/c1-2-14-5-3-4-6-18(14)26-22(27)16-9-7-15(8-10-16)21-24-19-12-11-17(23)13-20(19)25-21/h3-13H,2H2,1H3,(H,24,25)(H,26,27). The average Bonchev–Trinajstić information content (AvgIpc) is 3.11. The molecule has 4 rings (SSSR count). The number of aromatic amines is 1. The largest absolute Gasteiger partial charge is 0.338 e. The van der Waals surface area contributed by atoms with Crippen molar-refractivity contribution >= 4 is 34.2 Å². The molecular weight excluding hydrogens is 358 g/mol. The van der Waals surface area contributed by atoms with E-state index in [1.807, 2.05) is 54.6 Å². The van der Waals surface area contributed by atoms with Crippen LogP contribution >= 0.6 is 11.6 Å². The summed E-state index contributed by atoms with van der Waals surface area (Å²) < 4.78 is 0. The maximum Gasteiger partial charge on any atom is 0.255 e. The summed E-state index contributed by atoms with van der Waals surface area (Å²) in [5, 5.41) is 3.65. The molecule has 0 saturated heterocycles. The zero-order valence-electron chi connectivity index (χ0n) is 14.8. The number of aromatic nitrogens is 2. The summed E-state index contributed by atoms with van der Waals surface area (Å²) in [5.41, 5.74) is 5.21. The zero-order valence-corrected chi connectivity index (χ0v) is 15.5. The van der Waals surface area contributed by atoms with Gasteiger partial charge in [0.15, 0.2) is 0 Å². The van der Waals surface area contributed by atoms with Gasteiger partial charge in [0, 0.05) is 21.8 Å². The van der Waals surface area contributed by atoms with Crippen LogP contribution in [0.1, 0.15) is 22.8 Å². The van der Waals surface area contributed by atoms with Gasteiger partial charge in [0.1, 0.15) is 5.82 Å². The van der Waals surface area contributed by atoms with E-state index in [4.69, 9.17) is 11.6 Å². The third-order valence-corrected chi connectivity index (χ3v) is 4.75. The molecule has 0 atom stereocenters. The Balaban J connectivity index is 1.56. The average molecular weight is 376 g/mol. The first-order chi connectivity index (χ1) is 13.1. The maximum absolute atomic E-state index is 12.6. The van der Waals surface area contributed by atoms with Gasteiger partial charge in [0.25, 0.3) is 5.91 Å². The Morgan fingerprint density at radius 1 is 1.07 bits per heavy atom. The number of para-hydroxylation sites is 1. The van der Waals surface area contributed by atoms with Crippen LogP contribution in [-0.2, 0) is 6.42 Å². The normalized spacial score (nSPS) is 10.9. The fourth-order valence-corrected chi connectivity index (χ4v) is 3.22. The van der Waals surface area contributed by atoms with E-state index in [-0.39, 0.29) is 5.91 Å². The molecule has 1 aromatic heterocycles. The van der Waals surface area contributed by atoms with Crippen LogP contribution in [0.15, 0.2) is 66.7 Å². The predicted octanol–water partition coefficient (Wildman–Crippen LogP) is 5.70. The van der Waals surface area contributed by atoms with Crippen LogP contribution in [-0.4, -0.2) is 15.9 Å². The van der Waals surface area contributed by atoms with Gasteiger partial charge in [-0.1, -0.05) is 48.9 Å². The Morgan fingerprint density at radius 2 is 1.85 bits per heavy atom. The second-order valence-corrected chi connectivity index (χ2v) is 6.73. The first kappa shape index (κ1) is 17.3. The van der Waals surface area contributed by atoms with Gasteiger partial charge in [0.05, 0.1) is 11.0 Å². The number of hydrogen-bond donors (Lipinski definition) is 2. The van der Waals surface area contributed by atoms with Crippen molar-refractivity contribution in [2.45, 2.75) is 13.3 Å². The van der Waals surface area contributed by atoms with Crippen LogP contribution in [0.3, 0.4) is 0 Å². The number of H-pyrrole nitrogens is 1. The highest BCUT2D eigenvalue weighted by Crippen LogP contribution is 2.23. The van der Waals surface area contributed by atoms with Crippen molar-refractivity contribution in [2.24, 2.45) is 0 Å². The highest BCUT2D eigenvalue weighted by molar-refractivity contribution is 6.31. The molecule has 4 aromatic rings. The number of fused-ring (bicyclic) bond motifs is 1. The summed E-state index contributed by atoms with van der Waals surface area (Å²) in [7, 11) is 0. The quantitative estimate of drug-likeness (QED) is 0.480. The Labute approximate surface area is 162 Å². The lowest BCUT2D eigenvalue weighted by molar-refractivity contribution is 0.102. The molecule has 4 nitrogen and oxygen atoms in total. The monoisotopic (exact) mass is 375 g/mol. The second-order valence-electron chi connectivity index (χ2n) is 6.29. The fourth-order valence-electron chi connectivity index (χ4n) is 3.04. The molecule has 0 spiro atoms. The number of benzene rings is 3. The zero-order chi connectivity index (χ0) is 18.8. The highest BCUT2D eigenvalue weighted by atomic mass is 35.5. The number of anilines is 1. The van der Waals surface area contributed by atoms with Gasteiger partial charge in [-0.2, -0.15) is 0 Å². The highest BCUT2D eigenvalue weighted by Gasteiger charge is 2.10. The van der Waals surface area contributed by atoms with Crippen LogP contribution in [0.5, 0.6) is 0 Å². The minimum absolute atomic E-state index is 0.126. The van der Waals surface area contributed by atoms with Gasteiger partial charge in [-0.15, -0.1) is 0 Å². The molecule has 0 bridgehead atoms. The Hall–Kier alpha value is -3.11. The van der Waals surface area contributed by atoms with Gasteiger partial charge in [0.2, 0.25) is 0 Å². The minimum atomic E-state index is -0.126. The number of carbonyl (C=O) groups is 1. The molecule has 0 unspecified atom stereocenters. The maximum atomic E-state index is 12.6. The number of imidazole rings is 1. The van der Waals surface area contributed by atoms with E-state index >= 15 is 0 Å². The molecule has 2 N–H and O–H groups in total. The molecule has 27 heavy (non-hydrogen) atoms. The summed E-state index contributed by atoms with van der Waals surface area (Å²) >= 11 is 6.03. The lowest BCUT2D eigenvalue weighted by atomic mass is 10.1. The molecule has 0 aliphatic heterocycles. The summed E-state index contributed by atoms with van der Waals surface area (Å²) in [4.78, 5) is 20.4. The van der Waals surface area contributed by atoms with Crippen LogP contribution in [0.2, 0.25) is 5.02 Å². The number of amides is 1. The lowest BCUT2D eigenvalue weighted by Gasteiger charge is -2.09. The molecule has 5 heteroatoms. The summed E-state index contributed by atoms with van der Waals surface area (Å²) in [5.74, 6) is 0.620. The lowest BCUT2D eigenvalue weighted by Crippen LogP contribution is -2.13. The topological polar surface area (TPSA) is 57.8 Å². The molecule has 134 valence electrons. The van der Waals surface area contributed by atoms with Gasteiger partial charge < -0.3 is 10.3 Å². The first-order valence-electron chi connectivity index (χ1n) is 8.79. The number of halogens is 1. The smallest absolute Gasteiger partial charge is 0.255 e. The molecular formula is C22H18ClN3O. The molecule has 0 fully saturated rings. The molecule has 0 aliphatic rings. The van der Waals surface area contributed by atoms with E-state index in [0.717, 1.165) is 40.1 Å². The van der Waals surface area contributed by atoms with Crippen LogP contribution < -0.4 is 5.32 Å². The molecule has 0 radical (unpaired) electrons. The number of hydrogen-bond acceptors (Lipinski definition) is 2. The fraction of sp³-hybridized carbons (Fsp3) is 0.0909. The number of nitrogens with one attached hydrogen (secondary N) is 2. The van der Waals surface area contributed by atoms with Crippen LogP contribution in [0.25, 0.3) is 22.4 Å². The van der Waals surface area contributed by atoms with Gasteiger partial charge in [-0.25, -0.2) is 4.98 Å². The molecule has 1 heterocycles. The molecule has 0 saturated carbocycles. The minimum Gasteiger partial charge on any atom is -0.338 e. The van der Waals surface area contributed by atoms with Crippen LogP contribution in [0, 0.1) is 0 Å². The first-order valence-corrected chi connectivity index (χ1v) is 9.17. The van der Waals surface area contributed by atoms with Gasteiger partial charge in [-0.05, 0) is 48.4 Å². The Bertz CT molecular complexity index is 1120. The molecule has 3 aromatic carbocycles. The van der Waals surface area contributed by atoms with Crippen molar-refractivity contribution in [3.05, 3.63) is 82.9 Å². The van der Waals surface area contributed by atoms with Crippen molar-refractivity contribution in [2.75, 3.05) is 5.32 Å². The summed E-state index contributed by atoms with van der Waals surface area (Å²) in [6.45, 7) is 2.07. The Morgan fingerprint density at radius 3 is 2.63 bits per heavy atom. The van der Waals surface area contributed by atoms with E-state index in [2.05, 4.69) is 22.2 Å². The van der Waals surface area contributed by atoms with E-state index in [9.17, 15) is 4.79 Å². The van der Waals surface area contributed by atoms with Crippen molar-refractivity contribution in [1.29, 1.82) is 0 Å². The number of nitrogens with zero attached hydrogens (tertiary/aromatic N) is 1. The third kappa shape index (κ3) is 3.57. The number of rotatable bonds is 4. The van der Waals surface area contributed by atoms with Gasteiger partial charge in [-0.3, -0.25) is 4.79 Å². The van der Waals surface area contributed by atoms with Crippen molar-refractivity contribution in [3.63, 3.8) is 0 Å².